The largest absolute Gasteiger partial charge is 0.457 e. The summed E-state index contributed by atoms with van der Waals surface area (Å²) in [5.74, 6) is 2.72. The molecule has 220 valence electrons. The molecule has 0 spiro atoms. The molecule has 10 heteroatoms. The molecule has 0 saturated heterocycles. The second-order valence-electron chi connectivity index (χ2n) is 8.41. The Bertz CT molecular complexity index is 1530. The van der Waals surface area contributed by atoms with E-state index >= 15 is 0 Å². The zero-order valence-electron chi connectivity index (χ0n) is 24.5. The normalized spacial score (nSPS) is 9.52. The third kappa shape index (κ3) is 10.9. The van der Waals surface area contributed by atoms with E-state index in [2.05, 4.69) is 57.6 Å². The molecule has 0 aliphatic rings. The number of hydrogen-bond acceptors (Lipinski definition) is 6. The Kier molecular flexibility index (Phi) is 14.6. The SMILES string of the molecule is C=CCCN=C(N)N.CC.Cc1ccc2c(c1)nc(-c1cccc(Oc3ccccc3)c1)n2C.O=CNc1nccs1. The van der Waals surface area contributed by atoms with Crippen molar-refractivity contribution in [2.24, 2.45) is 23.5 Å². The van der Waals surface area contributed by atoms with Crippen molar-refractivity contribution >= 4 is 39.9 Å². The molecule has 9 nitrogen and oxygen atoms in total. The molecule has 5 aromatic rings. The lowest BCUT2D eigenvalue weighted by Crippen LogP contribution is -2.22. The van der Waals surface area contributed by atoms with E-state index in [1.165, 1.54) is 16.9 Å². The highest BCUT2D eigenvalue weighted by Crippen LogP contribution is 2.29. The van der Waals surface area contributed by atoms with E-state index in [1.54, 1.807) is 17.7 Å². The summed E-state index contributed by atoms with van der Waals surface area (Å²) in [6.45, 7) is 10.2. The number of hydrogen-bond donors (Lipinski definition) is 3. The maximum absolute atomic E-state index is 9.73. The van der Waals surface area contributed by atoms with Gasteiger partial charge in [-0.15, -0.1) is 17.9 Å². The Balaban J connectivity index is 0.000000282. The number of aliphatic imine (C=N–C) groups is 1. The van der Waals surface area contributed by atoms with Crippen LogP contribution < -0.4 is 21.5 Å². The topological polar surface area (TPSA) is 133 Å². The van der Waals surface area contributed by atoms with Crippen molar-refractivity contribution in [3.63, 3.8) is 0 Å². The highest BCUT2D eigenvalue weighted by molar-refractivity contribution is 7.13. The predicted octanol–water partition coefficient (Wildman–Crippen LogP) is 6.91. The number of rotatable bonds is 8. The molecule has 0 fully saturated rings. The van der Waals surface area contributed by atoms with E-state index in [9.17, 15) is 4.79 Å². The first kappa shape index (κ1) is 33.2. The smallest absolute Gasteiger partial charge is 0.213 e. The first-order chi connectivity index (χ1) is 20.4. The number of aryl methyl sites for hydroxylation is 2. The fraction of sp³-hybridized carbons (Fsp3) is 0.188. The van der Waals surface area contributed by atoms with Crippen LogP contribution in [0.2, 0.25) is 0 Å². The minimum absolute atomic E-state index is 0.145. The van der Waals surface area contributed by atoms with Gasteiger partial charge in [0.1, 0.15) is 17.3 Å². The number of fused-ring (bicyclic) bond motifs is 1. The maximum Gasteiger partial charge on any atom is 0.213 e. The number of guanidine groups is 1. The molecule has 5 N–H and O–H groups in total. The second kappa shape index (κ2) is 18.4. The number of carbonyl (C=O) groups is 1. The Morgan fingerprint density at radius 1 is 1.07 bits per heavy atom. The zero-order valence-corrected chi connectivity index (χ0v) is 25.3. The molecule has 0 atom stereocenters. The summed E-state index contributed by atoms with van der Waals surface area (Å²) in [4.78, 5) is 22.0. The van der Waals surface area contributed by atoms with Crippen molar-refractivity contribution in [3.05, 3.63) is 103 Å². The van der Waals surface area contributed by atoms with E-state index < -0.39 is 0 Å². The minimum atomic E-state index is 0.145. The molecule has 0 unspecified atom stereocenters. The summed E-state index contributed by atoms with van der Waals surface area (Å²) in [6.07, 6.45) is 4.85. The molecule has 0 saturated carbocycles. The van der Waals surface area contributed by atoms with Gasteiger partial charge in [0.25, 0.3) is 0 Å². The van der Waals surface area contributed by atoms with E-state index in [0.717, 1.165) is 40.3 Å². The molecule has 0 aliphatic heterocycles. The summed E-state index contributed by atoms with van der Waals surface area (Å²) in [6, 6.07) is 24.2. The molecule has 3 aromatic carbocycles. The molecule has 1 amide bonds. The van der Waals surface area contributed by atoms with Crippen molar-refractivity contribution in [2.45, 2.75) is 27.2 Å². The number of thiazole rings is 1. The first-order valence-electron chi connectivity index (χ1n) is 13.4. The van der Waals surface area contributed by atoms with Crippen LogP contribution in [0.15, 0.2) is 102 Å². The number of nitrogens with zero attached hydrogens (tertiary/aromatic N) is 4. The number of amides is 1. The highest BCUT2D eigenvalue weighted by Gasteiger charge is 2.11. The van der Waals surface area contributed by atoms with Crippen LogP contribution in [0.3, 0.4) is 0 Å². The van der Waals surface area contributed by atoms with Gasteiger partial charge in [-0.2, -0.15) is 0 Å². The van der Waals surface area contributed by atoms with Crippen LogP contribution >= 0.6 is 11.3 Å². The molecule has 2 aromatic heterocycles. The van der Waals surface area contributed by atoms with Crippen LogP contribution in [-0.4, -0.2) is 33.4 Å². The van der Waals surface area contributed by atoms with Gasteiger partial charge in [-0.3, -0.25) is 9.79 Å². The number of para-hydroxylation sites is 1. The minimum Gasteiger partial charge on any atom is -0.457 e. The average Bonchev–Trinajstić information content (AvgIpc) is 3.63. The van der Waals surface area contributed by atoms with Crippen molar-refractivity contribution in [1.29, 1.82) is 0 Å². The van der Waals surface area contributed by atoms with Crippen molar-refractivity contribution < 1.29 is 9.53 Å². The van der Waals surface area contributed by atoms with Gasteiger partial charge < -0.3 is 26.1 Å². The van der Waals surface area contributed by atoms with E-state index in [1.807, 2.05) is 69.4 Å². The molecular weight excluding hydrogens is 546 g/mol. The number of nitrogens with two attached hydrogens (primary N) is 2. The van der Waals surface area contributed by atoms with Gasteiger partial charge in [0, 0.05) is 30.7 Å². The summed E-state index contributed by atoms with van der Waals surface area (Å²) in [7, 11) is 2.05. The zero-order chi connectivity index (χ0) is 30.7. The van der Waals surface area contributed by atoms with Crippen LogP contribution in [0.5, 0.6) is 11.5 Å². The van der Waals surface area contributed by atoms with Crippen molar-refractivity contribution in [3.8, 4) is 22.9 Å². The van der Waals surface area contributed by atoms with Gasteiger partial charge in [-0.05, 0) is 55.3 Å². The Morgan fingerprint density at radius 3 is 2.45 bits per heavy atom. The summed E-state index contributed by atoms with van der Waals surface area (Å²) in [5.41, 5.74) is 14.5. The molecule has 0 bridgehead atoms. The number of aromatic nitrogens is 3. The highest BCUT2D eigenvalue weighted by atomic mass is 32.1. The van der Waals surface area contributed by atoms with Crippen LogP contribution in [0.1, 0.15) is 25.8 Å². The number of carbonyl (C=O) groups excluding carboxylic acids is 1. The lowest BCUT2D eigenvalue weighted by molar-refractivity contribution is -0.105. The van der Waals surface area contributed by atoms with Crippen LogP contribution in [0.4, 0.5) is 5.13 Å². The standard InChI is InChI=1S/C21H18N2O.C5H11N3.C4H4N2OS.C2H6/c1-15-11-12-20-19(13-15)22-21(23(20)2)16-7-6-10-18(14-16)24-17-8-4-3-5-9-17;1-2-3-4-8-5(6)7;7-3-6-4-5-1-2-8-4;1-2/h3-14H,1-2H3;2H,1,3-4H2,(H4,6,7,8);1-3H,(H,5,6,7);1-2H3. The predicted molar refractivity (Wildman–Crippen MR) is 176 cm³/mol. The van der Waals surface area contributed by atoms with E-state index in [4.69, 9.17) is 21.2 Å². The Morgan fingerprint density at radius 2 is 1.81 bits per heavy atom. The molecule has 0 aliphatic carbocycles. The Hall–Kier alpha value is -4.96. The lowest BCUT2D eigenvalue weighted by atomic mass is 10.2. The molecule has 42 heavy (non-hydrogen) atoms. The second-order valence-corrected chi connectivity index (χ2v) is 9.31. The van der Waals surface area contributed by atoms with Gasteiger partial charge in [0.2, 0.25) is 6.41 Å². The quantitative estimate of drug-likeness (QED) is 0.0595. The van der Waals surface area contributed by atoms with E-state index in [-0.39, 0.29) is 5.96 Å². The van der Waals surface area contributed by atoms with Gasteiger partial charge in [0.15, 0.2) is 11.1 Å². The maximum atomic E-state index is 9.73. The fourth-order valence-corrected chi connectivity index (χ4v) is 4.01. The number of benzene rings is 3. The monoisotopic (exact) mass is 585 g/mol. The molecule has 2 heterocycles. The number of ether oxygens (including phenoxy) is 1. The van der Waals surface area contributed by atoms with Gasteiger partial charge in [0.05, 0.1) is 11.0 Å². The third-order valence-corrected chi connectivity index (χ3v) is 6.05. The Labute approximate surface area is 251 Å². The number of anilines is 1. The van der Waals surface area contributed by atoms with E-state index in [0.29, 0.717) is 18.1 Å². The number of imidazole rings is 1. The average molecular weight is 586 g/mol. The summed E-state index contributed by atoms with van der Waals surface area (Å²) < 4.78 is 8.06. The number of nitrogens with one attached hydrogen (secondary N) is 1. The first-order valence-corrected chi connectivity index (χ1v) is 14.3. The van der Waals surface area contributed by atoms with Crippen molar-refractivity contribution in [1.82, 2.24) is 14.5 Å². The van der Waals surface area contributed by atoms with Crippen LogP contribution in [-0.2, 0) is 11.8 Å². The third-order valence-electron chi connectivity index (χ3n) is 5.35. The summed E-state index contributed by atoms with van der Waals surface area (Å²) >= 11 is 1.39. The van der Waals surface area contributed by atoms with Crippen LogP contribution in [0, 0.1) is 6.92 Å². The van der Waals surface area contributed by atoms with Crippen molar-refractivity contribution in [2.75, 3.05) is 11.9 Å². The fourth-order valence-electron chi connectivity index (χ4n) is 3.52. The summed E-state index contributed by atoms with van der Waals surface area (Å²) in [5, 5.41) is 4.85. The molecular formula is C32H39N7O2S. The lowest BCUT2D eigenvalue weighted by Gasteiger charge is -2.08. The molecule has 5 rings (SSSR count). The van der Waals surface area contributed by atoms with Gasteiger partial charge in [-0.25, -0.2) is 9.97 Å². The van der Waals surface area contributed by atoms with Crippen LogP contribution in [0.25, 0.3) is 22.4 Å². The molecule has 0 radical (unpaired) electrons. The van der Waals surface area contributed by atoms with Gasteiger partial charge >= 0.3 is 0 Å². The van der Waals surface area contributed by atoms with Gasteiger partial charge in [-0.1, -0.05) is 56.3 Å².